The molecule has 0 aliphatic carbocycles. The Morgan fingerprint density at radius 2 is 1.56 bits per heavy atom. The van der Waals surface area contributed by atoms with Gasteiger partial charge in [-0.3, -0.25) is 4.79 Å². The van der Waals surface area contributed by atoms with E-state index in [1.807, 2.05) is 17.0 Å². The SMILES string of the molecule is COc1cccc(OC)c1C(=O)N1CCC(Cc2ccccc2)CC1. The molecule has 2 aromatic carbocycles. The smallest absolute Gasteiger partial charge is 0.261 e. The van der Waals surface area contributed by atoms with Crippen molar-refractivity contribution >= 4 is 5.91 Å². The number of nitrogens with zero attached hydrogens (tertiary/aromatic N) is 1. The van der Waals surface area contributed by atoms with Crippen molar-refractivity contribution in [3.8, 4) is 11.5 Å². The van der Waals surface area contributed by atoms with Gasteiger partial charge in [-0.25, -0.2) is 0 Å². The highest BCUT2D eigenvalue weighted by Crippen LogP contribution is 2.31. The van der Waals surface area contributed by atoms with Gasteiger partial charge >= 0.3 is 0 Å². The fourth-order valence-corrected chi connectivity index (χ4v) is 3.51. The van der Waals surface area contributed by atoms with E-state index in [9.17, 15) is 4.79 Å². The molecule has 1 heterocycles. The molecule has 0 bridgehead atoms. The van der Waals surface area contributed by atoms with E-state index in [1.54, 1.807) is 26.4 Å². The van der Waals surface area contributed by atoms with Crippen molar-refractivity contribution in [3.05, 3.63) is 59.7 Å². The second-order valence-electron chi connectivity index (χ2n) is 6.46. The number of piperidine rings is 1. The molecule has 1 aliphatic heterocycles. The zero-order chi connectivity index (χ0) is 17.6. The largest absolute Gasteiger partial charge is 0.496 e. The Hall–Kier alpha value is -2.49. The van der Waals surface area contributed by atoms with Crippen molar-refractivity contribution in [1.29, 1.82) is 0 Å². The molecule has 1 aliphatic rings. The summed E-state index contributed by atoms with van der Waals surface area (Å²) in [7, 11) is 3.16. The summed E-state index contributed by atoms with van der Waals surface area (Å²) >= 11 is 0. The zero-order valence-electron chi connectivity index (χ0n) is 14.9. The molecule has 0 radical (unpaired) electrons. The van der Waals surface area contributed by atoms with Gasteiger partial charge in [0.1, 0.15) is 17.1 Å². The summed E-state index contributed by atoms with van der Waals surface area (Å²) in [5.41, 5.74) is 1.90. The van der Waals surface area contributed by atoms with Crippen molar-refractivity contribution in [1.82, 2.24) is 4.90 Å². The molecule has 4 nitrogen and oxygen atoms in total. The first-order chi connectivity index (χ1) is 12.2. The first-order valence-electron chi connectivity index (χ1n) is 8.77. The number of methoxy groups -OCH3 is 2. The molecule has 0 aromatic heterocycles. The molecule has 1 saturated heterocycles. The number of carbonyl (C=O) groups is 1. The minimum absolute atomic E-state index is 0.00698. The number of benzene rings is 2. The third-order valence-corrected chi connectivity index (χ3v) is 4.91. The lowest BCUT2D eigenvalue weighted by atomic mass is 9.90. The monoisotopic (exact) mass is 339 g/mol. The standard InChI is InChI=1S/C21H25NO3/c1-24-18-9-6-10-19(25-2)20(18)21(23)22-13-11-17(12-14-22)15-16-7-4-3-5-8-16/h3-10,17H,11-15H2,1-2H3. The summed E-state index contributed by atoms with van der Waals surface area (Å²) in [4.78, 5) is 14.9. The Bertz CT molecular complexity index is 684. The number of hydrogen-bond donors (Lipinski definition) is 0. The fourth-order valence-electron chi connectivity index (χ4n) is 3.51. The van der Waals surface area contributed by atoms with Gasteiger partial charge in [0.05, 0.1) is 14.2 Å². The molecule has 0 N–H and O–H groups in total. The van der Waals surface area contributed by atoms with Gasteiger partial charge in [0.25, 0.3) is 5.91 Å². The highest BCUT2D eigenvalue weighted by Gasteiger charge is 2.27. The van der Waals surface area contributed by atoms with Gasteiger partial charge in [0.15, 0.2) is 0 Å². The average Bonchev–Trinajstić information content (AvgIpc) is 2.68. The van der Waals surface area contributed by atoms with E-state index >= 15 is 0 Å². The zero-order valence-corrected chi connectivity index (χ0v) is 14.9. The summed E-state index contributed by atoms with van der Waals surface area (Å²) in [6, 6.07) is 16.0. The molecule has 0 spiro atoms. The number of likely N-dealkylation sites (tertiary alicyclic amines) is 1. The van der Waals surface area contributed by atoms with Gasteiger partial charge in [0.2, 0.25) is 0 Å². The number of hydrogen-bond acceptors (Lipinski definition) is 3. The maximum atomic E-state index is 13.0. The van der Waals surface area contributed by atoms with Crippen LogP contribution in [0.5, 0.6) is 11.5 Å². The quantitative estimate of drug-likeness (QED) is 0.832. The normalized spacial score (nSPS) is 15.0. The Morgan fingerprint density at radius 1 is 0.960 bits per heavy atom. The molecule has 4 heteroatoms. The molecule has 132 valence electrons. The number of carbonyl (C=O) groups excluding carboxylic acids is 1. The van der Waals surface area contributed by atoms with Crippen LogP contribution in [0.1, 0.15) is 28.8 Å². The minimum atomic E-state index is -0.00698. The van der Waals surface area contributed by atoms with Crippen LogP contribution in [0.4, 0.5) is 0 Å². The molecule has 3 rings (SSSR count). The molecule has 0 unspecified atom stereocenters. The summed E-state index contributed by atoms with van der Waals surface area (Å²) in [5, 5.41) is 0. The van der Waals surface area contributed by atoms with E-state index in [4.69, 9.17) is 9.47 Å². The second kappa shape index (κ2) is 8.06. The van der Waals surface area contributed by atoms with Crippen molar-refractivity contribution in [2.75, 3.05) is 27.3 Å². The van der Waals surface area contributed by atoms with Crippen molar-refractivity contribution in [2.24, 2.45) is 5.92 Å². The van der Waals surface area contributed by atoms with Crippen LogP contribution in [-0.2, 0) is 6.42 Å². The van der Waals surface area contributed by atoms with E-state index in [2.05, 4.69) is 24.3 Å². The molecular formula is C21H25NO3. The first-order valence-corrected chi connectivity index (χ1v) is 8.77. The predicted molar refractivity (Wildman–Crippen MR) is 98.3 cm³/mol. The third-order valence-electron chi connectivity index (χ3n) is 4.91. The lowest BCUT2D eigenvalue weighted by molar-refractivity contribution is 0.0683. The molecule has 1 amide bonds. The second-order valence-corrected chi connectivity index (χ2v) is 6.46. The Kier molecular flexibility index (Phi) is 5.59. The maximum Gasteiger partial charge on any atom is 0.261 e. The van der Waals surface area contributed by atoms with Gasteiger partial charge in [-0.2, -0.15) is 0 Å². The van der Waals surface area contributed by atoms with Gasteiger partial charge in [-0.15, -0.1) is 0 Å². The van der Waals surface area contributed by atoms with Crippen LogP contribution in [0.3, 0.4) is 0 Å². The van der Waals surface area contributed by atoms with Gasteiger partial charge in [-0.1, -0.05) is 36.4 Å². The average molecular weight is 339 g/mol. The summed E-state index contributed by atoms with van der Waals surface area (Å²) < 4.78 is 10.7. The summed E-state index contributed by atoms with van der Waals surface area (Å²) in [5.74, 6) is 1.75. The van der Waals surface area contributed by atoms with Crippen molar-refractivity contribution < 1.29 is 14.3 Å². The highest BCUT2D eigenvalue weighted by molar-refractivity contribution is 5.99. The van der Waals surface area contributed by atoms with Crippen molar-refractivity contribution in [3.63, 3.8) is 0 Å². The van der Waals surface area contributed by atoms with E-state index in [0.717, 1.165) is 32.4 Å². The Balaban J connectivity index is 1.66. The first kappa shape index (κ1) is 17.3. The van der Waals surface area contributed by atoms with E-state index in [1.165, 1.54) is 5.56 Å². The molecule has 2 aromatic rings. The lowest BCUT2D eigenvalue weighted by Gasteiger charge is -2.32. The Labute approximate surface area is 149 Å². The number of rotatable bonds is 5. The van der Waals surface area contributed by atoms with E-state index in [0.29, 0.717) is 23.0 Å². The fraction of sp³-hybridized carbons (Fsp3) is 0.381. The summed E-state index contributed by atoms with van der Waals surface area (Å²) in [6.45, 7) is 1.55. The Morgan fingerprint density at radius 3 is 2.12 bits per heavy atom. The van der Waals surface area contributed by atoms with Crippen LogP contribution in [-0.4, -0.2) is 38.1 Å². The van der Waals surface area contributed by atoms with Crippen LogP contribution in [0.2, 0.25) is 0 Å². The minimum Gasteiger partial charge on any atom is -0.496 e. The van der Waals surface area contributed by atoms with Gasteiger partial charge < -0.3 is 14.4 Å². The predicted octanol–water partition coefficient (Wildman–Crippen LogP) is 3.80. The molecule has 0 atom stereocenters. The topological polar surface area (TPSA) is 38.8 Å². The maximum absolute atomic E-state index is 13.0. The molecule has 25 heavy (non-hydrogen) atoms. The van der Waals surface area contributed by atoms with E-state index < -0.39 is 0 Å². The number of amides is 1. The van der Waals surface area contributed by atoms with Crippen LogP contribution in [0.15, 0.2) is 48.5 Å². The van der Waals surface area contributed by atoms with Crippen LogP contribution >= 0.6 is 0 Å². The highest BCUT2D eigenvalue weighted by atomic mass is 16.5. The summed E-state index contributed by atoms with van der Waals surface area (Å²) in [6.07, 6.45) is 3.14. The van der Waals surface area contributed by atoms with Crippen LogP contribution in [0, 0.1) is 5.92 Å². The molecule has 1 fully saturated rings. The van der Waals surface area contributed by atoms with Crippen molar-refractivity contribution in [2.45, 2.75) is 19.3 Å². The van der Waals surface area contributed by atoms with Gasteiger partial charge in [-0.05, 0) is 42.9 Å². The van der Waals surface area contributed by atoms with Crippen LogP contribution < -0.4 is 9.47 Å². The molecular weight excluding hydrogens is 314 g/mol. The van der Waals surface area contributed by atoms with Crippen LogP contribution in [0.25, 0.3) is 0 Å². The lowest BCUT2D eigenvalue weighted by Crippen LogP contribution is -2.39. The number of ether oxygens (including phenoxy) is 2. The van der Waals surface area contributed by atoms with E-state index in [-0.39, 0.29) is 5.91 Å². The van der Waals surface area contributed by atoms with Gasteiger partial charge in [0, 0.05) is 13.1 Å². The molecule has 0 saturated carbocycles. The third kappa shape index (κ3) is 3.95.